The van der Waals surface area contributed by atoms with Gasteiger partial charge in [-0.15, -0.1) is 0 Å². The lowest BCUT2D eigenvalue weighted by Crippen LogP contribution is -2.24. The molecule has 1 saturated heterocycles. The Balaban J connectivity index is 1.49. The highest BCUT2D eigenvalue weighted by molar-refractivity contribution is 6.33. The van der Waals surface area contributed by atoms with Crippen molar-refractivity contribution in [3.63, 3.8) is 0 Å². The van der Waals surface area contributed by atoms with Gasteiger partial charge in [-0.1, -0.05) is 46.6 Å². The van der Waals surface area contributed by atoms with E-state index in [4.69, 9.17) is 27.7 Å². The number of carbonyl (C=O) groups is 1. The zero-order valence-electron chi connectivity index (χ0n) is 14.0. The summed E-state index contributed by atoms with van der Waals surface area (Å²) in [6.07, 6.45) is 0.277. The molecule has 8 heteroatoms. The van der Waals surface area contributed by atoms with Gasteiger partial charge in [0.25, 0.3) is 0 Å². The van der Waals surface area contributed by atoms with E-state index in [1.165, 1.54) is 12.1 Å². The topological polar surface area (TPSA) is 59.2 Å². The van der Waals surface area contributed by atoms with Gasteiger partial charge in [-0.2, -0.15) is 4.98 Å². The second-order valence-corrected chi connectivity index (χ2v) is 7.17. The molecule has 138 valence electrons. The van der Waals surface area contributed by atoms with Gasteiger partial charge in [-0.05, 0) is 29.8 Å². The van der Waals surface area contributed by atoms with Crippen molar-refractivity contribution in [2.24, 2.45) is 0 Å². The Kier molecular flexibility index (Phi) is 4.85. The highest BCUT2D eigenvalue weighted by Crippen LogP contribution is 2.31. The highest BCUT2D eigenvalue weighted by Gasteiger charge is 2.34. The molecule has 3 aromatic rings. The Labute approximate surface area is 164 Å². The van der Waals surface area contributed by atoms with Crippen LogP contribution in [0.1, 0.15) is 23.8 Å². The fourth-order valence-corrected chi connectivity index (χ4v) is 3.53. The van der Waals surface area contributed by atoms with Crippen LogP contribution in [0, 0.1) is 5.82 Å². The molecule has 1 aliphatic heterocycles. The molecule has 1 unspecified atom stereocenters. The van der Waals surface area contributed by atoms with Crippen LogP contribution in [0.2, 0.25) is 10.0 Å². The molecular weight excluding hydrogens is 392 g/mol. The third kappa shape index (κ3) is 3.68. The van der Waals surface area contributed by atoms with Crippen molar-refractivity contribution in [1.82, 2.24) is 15.0 Å². The van der Waals surface area contributed by atoms with Gasteiger partial charge in [-0.3, -0.25) is 4.79 Å². The molecule has 2 aromatic carbocycles. The van der Waals surface area contributed by atoms with Gasteiger partial charge in [0.1, 0.15) is 5.82 Å². The van der Waals surface area contributed by atoms with Crippen LogP contribution >= 0.6 is 23.2 Å². The van der Waals surface area contributed by atoms with Crippen LogP contribution < -0.4 is 0 Å². The van der Waals surface area contributed by atoms with Crippen LogP contribution in [-0.4, -0.2) is 27.5 Å². The number of rotatable bonds is 4. The number of hydrogen-bond acceptors (Lipinski definition) is 4. The van der Waals surface area contributed by atoms with Crippen molar-refractivity contribution >= 4 is 29.1 Å². The maximum atomic E-state index is 13.3. The molecule has 5 nitrogen and oxygen atoms in total. The van der Waals surface area contributed by atoms with Gasteiger partial charge in [0.15, 0.2) is 0 Å². The molecule has 1 aromatic heterocycles. The third-order valence-corrected chi connectivity index (χ3v) is 5.10. The number of carbonyl (C=O) groups excluding carboxylic acids is 1. The summed E-state index contributed by atoms with van der Waals surface area (Å²) in [5.41, 5.74) is 1.44. The maximum absolute atomic E-state index is 13.3. The van der Waals surface area contributed by atoms with Gasteiger partial charge < -0.3 is 9.42 Å². The van der Waals surface area contributed by atoms with E-state index in [-0.39, 0.29) is 23.3 Å². The summed E-state index contributed by atoms with van der Waals surface area (Å²) in [5.74, 6) is 0.0869. The molecule has 4 rings (SSSR count). The Morgan fingerprint density at radius 2 is 2.00 bits per heavy atom. The van der Waals surface area contributed by atoms with Crippen molar-refractivity contribution in [3.05, 3.63) is 69.8 Å². The standard InChI is InChI=1S/C19H14Cl2FN3O2/c20-14-4-2-1-3-13(14)18-23-19(27-24-18)12-8-17(26)25(10-12)9-11-5-6-16(22)15(21)7-11/h1-7,12H,8-10H2. The van der Waals surface area contributed by atoms with Gasteiger partial charge in [0.05, 0.1) is 16.0 Å². The van der Waals surface area contributed by atoms with Crippen molar-refractivity contribution < 1.29 is 13.7 Å². The predicted molar refractivity (Wildman–Crippen MR) is 98.9 cm³/mol. The number of benzene rings is 2. The lowest BCUT2D eigenvalue weighted by atomic mass is 10.1. The lowest BCUT2D eigenvalue weighted by Gasteiger charge is -2.16. The summed E-state index contributed by atoms with van der Waals surface area (Å²) in [6, 6.07) is 11.7. The smallest absolute Gasteiger partial charge is 0.232 e. The second kappa shape index (κ2) is 7.29. The Hall–Kier alpha value is -2.44. The zero-order valence-corrected chi connectivity index (χ0v) is 15.5. The van der Waals surface area contributed by atoms with Crippen LogP contribution in [0.4, 0.5) is 4.39 Å². The molecule has 2 heterocycles. The quantitative estimate of drug-likeness (QED) is 0.631. The van der Waals surface area contributed by atoms with Crippen LogP contribution in [-0.2, 0) is 11.3 Å². The summed E-state index contributed by atoms with van der Waals surface area (Å²) in [5, 5.41) is 4.56. The Morgan fingerprint density at radius 1 is 1.19 bits per heavy atom. The number of halogens is 3. The first-order valence-corrected chi connectivity index (χ1v) is 9.07. The number of nitrogens with zero attached hydrogens (tertiary/aromatic N) is 3. The van der Waals surface area contributed by atoms with Crippen molar-refractivity contribution in [1.29, 1.82) is 0 Å². The average Bonchev–Trinajstić information content (AvgIpc) is 3.26. The zero-order chi connectivity index (χ0) is 19.0. The lowest BCUT2D eigenvalue weighted by molar-refractivity contribution is -0.128. The number of amides is 1. The minimum atomic E-state index is -0.482. The monoisotopic (exact) mass is 405 g/mol. The van der Waals surface area contributed by atoms with Crippen LogP contribution in [0.25, 0.3) is 11.4 Å². The Bertz CT molecular complexity index is 1010. The summed E-state index contributed by atoms with van der Waals surface area (Å²) in [7, 11) is 0. The van der Waals surface area contributed by atoms with E-state index in [9.17, 15) is 9.18 Å². The minimum absolute atomic E-state index is 0.0297. The molecule has 1 amide bonds. The predicted octanol–water partition coefficient (Wildman–Crippen LogP) is 4.70. The molecule has 1 fully saturated rings. The molecule has 0 aliphatic carbocycles. The molecule has 27 heavy (non-hydrogen) atoms. The summed E-state index contributed by atoms with van der Waals surface area (Å²) < 4.78 is 18.7. The number of likely N-dealkylation sites (tertiary alicyclic amines) is 1. The summed E-state index contributed by atoms with van der Waals surface area (Å²) in [4.78, 5) is 18.4. The first kappa shape index (κ1) is 17.9. The number of aromatic nitrogens is 2. The molecular formula is C19H14Cl2FN3O2. The van der Waals surface area contributed by atoms with Crippen molar-refractivity contribution in [3.8, 4) is 11.4 Å². The molecule has 0 radical (unpaired) electrons. The van der Waals surface area contributed by atoms with Crippen molar-refractivity contribution in [2.45, 2.75) is 18.9 Å². The molecule has 1 atom stereocenters. The van der Waals surface area contributed by atoms with E-state index in [0.717, 1.165) is 5.56 Å². The van der Waals surface area contributed by atoms with Crippen molar-refractivity contribution in [2.75, 3.05) is 6.54 Å². The van der Waals surface area contributed by atoms with E-state index in [1.54, 1.807) is 23.1 Å². The van der Waals surface area contributed by atoms with E-state index >= 15 is 0 Å². The van der Waals surface area contributed by atoms with E-state index in [2.05, 4.69) is 10.1 Å². The third-order valence-electron chi connectivity index (χ3n) is 4.48. The molecule has 0 N–H and O–H groups in total. The van der Waals surface area contributed by atoms with Gasteiger partial charge in [-0.25, -0.2) is 4.39 Å². The van der Waals surface area contributed by atoms with E-state index < -0.39 is 5.82 Å². The largest absolute Gasteiger partial charge is 0.339 e. The van der Waals surface area contributed by atoms with Gasteiger partial charge in [0, 0.05) is 25.1 Å². The second-order valence-electron chi connectivity index (χ2n) is 6.36. The normalized spacial score (nSPS) is 16.9. The SMILES string of the molecule is O=C1CC(c2nc(-c3ccccc3Cl)no2)CN1Cc1ccc(F)c(Cl)c1. The fraction of sp³-hybridized carbons (Fsp3) is 0.211. The Morgan fingerprint density at radius 3 is 2.78 bits per heavy atom. The first-order chi connectivity index (χ1) is 13.0. The van der Waals surface area contributed by atoms with Gasteiger partial charge in [0.2, 0.25) is 17.6 Å². The van der Waals surface area contributed by atoms with Crippen LogP contribution in [0.15, 0.2) is 47.0 Å². The molecule has 1 aliphatic rings. The van der Waals surface area contributed by atoms with E-state index in [1.807, 2.05) is 12.1 Å². The number of hydrogen-bond donors (Lipinski definition) is 0. The first-order valence-electron chi connectivity index (χ1n) is 8.31. The maximum Gasteiger partial charge on any atom is 0.232 e. The molecule has 0 saturated carbocycles. The van der Waals surface area contributed by atoms with Crippen LogP contribution in [0.5, 0.6) is 0 Å². The molecule has 0 bridgehead atoms. The highest BCUT2D eigenvalue weighted by atomic mass is 35.5. The average molecular weight is 406 g/mol. The fourth-order valence-electron chi connectivity index (χ4n) is 3.10. The minimum Gasteiger partial charge on any atom is -0.339 e. The van der Waals surface area contributed by atoms with E-state index in [0.29, 0.717) is 35.4 Å². The molecule has 0 spiro atoms. The van der Waals surface area contributed by atoms with Crippen LogP contribution in [0.3, 0.4) is 0 Å². The van der Waals surface area contributed by atoms with Gasteiger partial charge >= 0.3 is 0 Å². The summed E-state index contributed by atoms with van der Waals surface area (Å²) in [6.45, 7) is 0.791. The summed E-state index contributed by atoms with van der Waals surface area (Å²) >= 11 is 12.0.